The summed E-state index contributed by atoms with van der Waals surface area (Å²) in [5, 5.41) is 8.04. The van der Waals surface area contributed by atoms with Gasteiger partial charge < -0.3 is 4.90 Å². The maximum atomic E-state index is 12.3. The fourth-order valence-corrected chi connectivity index (χ4v) is 1.84. The van der Waals surface area contributed by atoms with Crippen LogP contribution in [0.15, 0.2) is 6.07 Å². The number of amides is 1. The zero-order chi connectivity index (χ0) is 12.8. The lowest BCUT2D eigenvalue weighted by Crippen LogP contribution is -2.33. The van der Waals surface area contributed by atoms with E-state index in [0.29, 0.717) is 31.0 Å². The molecule has 0 aliphatic rings. The Kier molecular flexibility index (Phi) is 5.35. The molecule has 0 unspecified atom stereocenters. The maximum absolute atomic E-state index is 12.3. The van der Waals surface area contributed by atoms with E-state index in [2.05, 4.69) is 10.2 Å². The van der Waals surface area contributed by atoms with Crippen LogP contribution in [-0.4, -0.2) is 40.0 Å². The van der Waals surface area contributed by atoms with Crippen molar-refractivity contribution in [3.8, 4) is 0 Å². The van der Waals surface area contributed by atoms with E-state index in [1.165, 1.54) is 0 Å². The molecule has 1 rings (SSSR count). The maximum Gasteiger partial charge on any atom is 0.255 e. The molecule has 5 heteroatoms. The average Bonchev–Trinajstić information content (AvgIpc) is 2.35. The third-order valence-electron chi connectivity index (χ3n) is 2.58. The van der Waals surface area contributed by atoms with Gasteiger partial charge in [0.15, 0.2) is 0 Å². The third-order valence-corrected chi connectivity index (χ3v) is 2.75. The topological polar surface area (TPSA) is 46.1 Å². The van der Waals surface area contributed by atoms with Crippen LogP contribution in [0, 0.1) is 6.92 Å². The number of carbonyl (C=O) groups excluding carboxylic acids is 1. The molecule has 0 aromatic carbocycles. The Bertz CT molecular complexity index is 395. The van der Waals surface area contributed by atoms with Crippen LogP contribution in [0.2, 0.25) is 0 Å². The lowest BCUT2D eigenvalue weighted by Gasteiger charge is -2.20. The number of alkyl halides is 1. The summed E-state index contributed by atoms with van der Waals surface area (Å²) in [7, 11) is 0. The predicted molar refractivity (Wildman–Crippen MR) is 68.4 cm³/mol. The van der Waals surface area contributed by atoms with Gasteiger partial charge in [0.1, 0.15) is 0 Å². The molecule has 1 aromatic heterocycles. The Morgan fingerprint density at radius 3 is 2.65 bits per heavy atom. The molecule has 0 N–H and O–H groups in total. The summed E-state index contributed by atoms with van der Waals surface area (Å²) in [6, 6.07) is 1.80. The highest BCUT2D eigenvalue weighted by Crippen LogP contribution is 2.11. The Hall–Kier alpha value is -1.16. The SMILES string of the molecule is CCc1nnc(C)cc1C(=O)N(CC)CCCl. The van der Waals surface area contributed by atoms with E-state index in [4.69, 9.17) is 11.6 Å². The molecular formula is C12H18ClN3O. The van der Waals surface area contributed by atoms with E-state index < -0.39 is 0 Å². The lowest BCUT2D eigenvalue weighted by atomic mass is 10.1. The molecule has 0 spiro atoms. The molecule has 1 amide bonds. The van der Waals surface area contributed by atoms with Gasteiger partial charge in [0.2, 0.25) is 0 Å². The average molecular weight is 256 g/mol. The summed E-state index contributed by atoms with van der Waals surface area (Å²) in [6.45, 7) is 6.95. The van der Waals surface area contributed by atoms with Gasteiger partial charge in [-0.15, -0.1) is 11.6 Å². The second kappa shape index (κ2) is 6.55. The van der Waals surface area contributed by atoms with Gasteiger partial charge in [-0.25, -0.2) is 0 Å². The van der Waals surface area contributed by atoms with Crippen molar-refractivity contribution in [2.45, 2.75) is 27.2 Å². The van der Waals surface area contributed by atoms with Crippen molar-refractivity contribution in [1.82, 2.24) is 15.1 Å². The first-order valence-electron chi connectivity index (χ1n) is 5.82. The minimum absolute atomic E-state index is 0.0111. The molecule has 0 atom stereocenters. The van der Waals surface area contributed by atoms with Crippen molar-refractivity contribution in [3.05, 3.63) is 23.0 Å². The van der Waals surface area contributed by atoms with Gasteiger partial charge in [-0.1, -0.05) is 6.92 Å². The highest BCUT2D eigenvalue weighted by molar-refractivity contribution is 6.18. The van der Waals surface area contributed by atoms with Crippen molar-refractivity contribution in [3.63, 3.8) is 0 Å². The number of aromatic nitrogens is 2. The summed E-state index contributed by atoms with van der Waals surface area (Å²) in [5.74, 6) is 0.432. The Morgan fingerprint density at radius 2 is 2.12 bits per heavy atom. The van der Waals surface area contributed by atoms with Gasteiger partial charge in [0.05, 0.1) is 17.0 Å². The van der Waals surface area contributed by atoms with Gasteiger partial charge in [-0.05, 0) is 26.3 Å². The number of hydrogen-bond acceptors (Lipinski definition) is 3. The second-order valence-corrected chi connectivity index (χ2v) is 4.15. The van der Waals surface area contributed by atoms with Crippen LogP contribution in [0.5, 0.6) is 0 Å². The normalized spacial score (nSPS) is 10.4. The Morgan fingerprint density at radius 1 is 1.41 bits per heavy atom. The van der Waals surface area contributed by atoms with Crippen molar-refractivity contribution >= 4 is 17.5 Å². The van der Waals surface area contributed by atoms with Crippen molar-refractivity contribution < 1.29 is 4.79 Å². The van der Waals surface area contributed by atoms with Crippen molar-refractivity contribution in [2.75, 3.05) is 19.0 Å². The van der Waals surface area contributed by atoms with Gasteiger partial charge in [0.25, 0.3) is 5.91 Å². The van der Waals surface area contributed by atoms with Gasteiger partial charge in [0, 0.05) is 19.0 Å². The number of nitrogens with zero attached hydrogens (tertiary/aromatic N) is 3. The Balaban J connectivity index is 3.04. The first kappa shape index (κ1) is 13.9. The molecule has 0 aliphatic heterocycles. The quantitative estimate of drug-likeness (QED) is 0.757. The number of halogens is 1. The standard InChI is InChI=1S/C12H18ClN3O/c1-4-11-10(8-9(3)14-15-11)12(17)16(5-2)7-6-13/h8H,4-7H2,1-3H3. The van der Waals surface area contributed by atoms with E-state index in [1.807, 2.05) is 20.8 Å². The minimum Gasteiger partial charge on any atom is -0.338 e. The number of hydrogen-bond donors (Lipinski definition) is 0. The molecule has 4 nitrogen and oxygen atoms in total. The number of carbonyl (C=O) groups is 1. The van der Waals surface area contributed by atoms with Crippen molar-refractivity contribution in [1.29, 1.82) is 0 Å². The molecule has 0 saturated heterocycles. The van der Waals surface area contributed by atoms with Gasteiger partial charge in [-0.2, -0.15) is 10.2 Å². The molecule has 0 fully saturated rings. The Labute approximate surface area is 107 Å². The lowest BCUT2D eigenvalue weighted by molar-refractivity contribution is 0.0772. The molecule has 0 saturated carbocycles. The van der Waals surface area contributed by atoms with E-state index in [-0.39, 0.29) is 5.91 Å². The number of rotatable bonds is 5. The van der Waals surface area contributed by atoms with Crippen LogP contribution in [0.25, 0.3) is 0 Å². The highest BCUT2D eigenvalue weighted by Gasteiger charge is 2.18. The van der Waals surface area contributed by atoms with E-state index in [9.17, 15) is 4.79 Å². The molecule has 17 heavy (non-hydrogen) atoms. The van der Waals surface area contributed by atoms with E-state index >= 15 is 0 Å². The zero-order valence-corrected chi connectivity index (χ0v) is 11.3. The summed E-state index contributed by atoms with van der Waals surface area (Å²) in [4.78, 5) is 14.0. The monoisotopic (exact) mass is 255 g/mol. The van der Waals surface area contributed by atoms with Gasteiger partial charge >= 0.3 is 0 Å². The predicted octanol–water partition coefficient (Wildman–Crippen LogP) is 2.05. The van der Waals surface area contributed by atoms with Crippen LogP contribution in [0.4, 0.5) is 0 Å². The first-order chi connectivity index (χ1) is 8.13. The molecule has 0 radical (unpaired) electrons. The number of aryl methyl sites for hydroxylation is 2. The smallest absolute Gasteiger partial charge is 0.255 e. The largest absolute Gasteiger partial charge is 0.338 e. The molecule has 0 aliphatic carbocycles. The minimum atomic E-state index is -0.0111. The van der Waals surface area contributed by atoms with Crippen LogP contribution in [0.1, 0.15) is 35.6 Å². The summed E-state index contributed by atoms with van der Waals surface area (Å²) in [5.41, 5.74) is 2.15. The summed E-state index contributed by atoms with van der Waals surface area (Å²) >= 11 is 5.69. The highest BCUT2D eigenvalue weighted by atomic mass is 35.5. The third kappa shape index (κ3) is 3.40. The molecule has 1 heterocycles. The molecular weight excluding hydrogens is 238 g/mol. The van der Waals surface area contributed by atoms with Crippen LogP contribution < -0.4 is 0 Å². The molecule has 94 valence electrons. The van der Waals surface area contributed by atoms with Crippen LogP contribution in [-0.2, 0) is 6.42 Å². The zero-order valence-electron chi connectivity index (χ0n) is 10.5. The first-order valence-corrected chi connectivity index (χ1v) is 6.35. The van der Waals surface area contributed by atoms with Gasteiger partial charge in [-0.3, -0.25) is 4.79 Å². The summed E-state index contributed by atoms with van der Waals surface area (Å²) in [6.07, 6.45) is 0.701. The van der Waals surface area contributed by atoms with E-state index in [1.54, 1.807) is 11.0 Å². The van der Waals surface area contributed by atoms with E-state index in [0.717, 1.165) is 11.4 Å². The van der Waals surface area contributed by atoms with Crippen LogP contribution in [0.3, 0.4) is 0 Å². The van der Waals surface area contributed by atoms with Crippen LogP contribution >= 0.6 is 11.6 Å². The molecule has 0 bridgehead atoms. The molecule has 1 aromatic rings. The summed E-state index contributed by atoms with van der Waals surface area (Å²) < 4.78 is 0. The fourth-order valence-electron chi connectivity index (χ4n) is 1.64. The second-order valence-electron chi connectivity index (χ2n) is 3.77. The fraction of sp³-hybridized carbons (Fsp3) is 0.583. The van der Waals surface area contributed by atoms with Crippen molar-refractivity contribution in [2.24, 2.45) is 0 Å².